The Kier molecular flexibility index (Phi) is 4.54. The number of likely N-dealkylation sites (tertiary alicyclic amines) is 1. The van der Waals surface area contributed by atoms with Gasteiger partial charge in [-0.15, -0.1) is 11.3 Å². The average molecular weight is 253 g/mol. The van der Waals surface area contributed by atoms with Crippen LogP contribution in [0.4, 0.5) is 0 Å². The van der Waals surface area contributed by atoms with Gasteiger partial charge in [-0.25, -0.2) is 4.98 Å². The zero-order chi connectivity index (χ0) is 12.3. The molecule has 1 unspecified atom stereocenters. The quantitative estimate of drug-likeness (QED) is 0.895. The Morgan fingerprint density at radius 1 is 1.65 bits per heavy atom. The van der Waals surface area contributed by atoms with E-state index in [9.17, 15) is 5.11 Å². The number of rotatable bonds is 4. The fourth-order valence-electron chi connectivity index (χ4n) is 2.52. The highest BCUT2D eigenvalue weighted by Gasteiger charge is 2.28. The fourth-order valence-corrected chi connectivity index (χ4v) is 3.24. The van der Waals surface area contributed by atoms with E-state index in [1.807, 2.05) is 5.38 Å². The molecule has 2 rings (SSSR count). The minimum absolute atomic E-state index is 0.342. The molecule has 95 valence electrons. The lowest BCUT2D eigenvalue weighted by atomic mass is 9.92. The third-order valence-electron chi connectivity index (χ3n) is 3.23. The van der Waals surface area contributed by atoms with E-state index in [1.165, 1.54) is 12.3 Å². The Labute approximate surface area is 107 Å². The number of hydrogen-bond acceptors (Lipinski definition) is 4. The van der Waals surface area contributed by atoms with Crippen LogP contribution in [-0.4, -0.2) is 34.6 Å². The molecule has 2 atom stereocenters. The topological polar surface area (TPSA) is 36.4 Å². The molecule has 1 N–H and O–H groups in total. The van der Waals surface area contributed by atoms with Crippen molar-refractivity contribution in [3.63, 3.8) is 0 Å². The molecular weight excluding hydrogens is 232 g/mol. The van der Waals surface area contributed by atoms with Gasteiger partial charge in [-0.2, -0.15) is 0 Å². The molecule has 1 saturated heterocycles. The molecule has 1 aromatic rings. The highest BCUT2D eigenvalue weighted by molar-refractivity contribution is 7.09. The predicted octanol–water partition coefficient (Wildman–Crippen LogP) is 2.50. The molecule has 0 spiro atoms. The third-order valence-corrected chi connectivity index (χ3v) is 4.08. The summed E-state index contributed by atoms with van der Waals surface area (Å²) < 4.78 is 0. The van der Waals surface area contributed by atoms with Crippen LogP contribution in [0.15, 0.2) is 11.6 Å². The molecular formula is C13H21N2OS. The van der Waals surface area contributed by atoms with Crippen molar-refractivity contribution < 1.29 is 5.11 Å². The van der Waals surface area contributed by atoms with E-state index in [4.69, 9.17) is 0 Å². The minimum Gasteiger partial charge on any atom is -0.386 e. The number of aliphatic hydroxyl groups excluding tert-OH is 1. The molecule has 1 aliphatic rings. The summed E-state index contributed by atoms with van der Waals surface area (Å²) in [6, 6.07) is 0. The van der Waals surface area contributed by atoms with Crippen LogP contribution in [0.2, 0.25) is 0 Å². The first kappa shape index (κ1) is 13.0. The second-order valence-electron chi connectivity index (χ2n) is 5.16. The van der Waals surface area contributed by atoms with Gasteiger partial charge in [0, 0.05) is 30.6 Å². The Hall–Kier alpha value is -0.450. The number of nitrogens with zero attached hydrogens (tertiary/aromatic N) is 2. The first-order valence-electron chi connectivity index (χ1n) is 6.25. The number of piperidine rings is 1. The molecule has 17 heavy (non-hydrogen) atoms. The van der Waals surface area contributed by atoms with Crippen LogP contribution < -0.4 is 0 Å². The molecule has 1 aliphatic heterocycles. The molecule has 1 radical (unpaired) electrons. The lowest BCUT2D eigenvalue weighted by molar-refractivity contribution is 0.0518. The lowest BCUT2D eigenvalue weighted by Crippen LogP contribution is -2.39. The zero-order valence-corrected chi connectivity index (χ0v) is 11.4. The number of hydrogen-bond donors (Lipinski definition) is 1. The first-order chi connectivity index (χ1) is 8.16. The van der Waals surface area contributed by atoms with Gasteiger partial charge in [-0.05, 0) is 25.3 Å². The van der Waals surface area contributed by atoms with Gasteiger partial charge >= 0.3 is 0 Å². The highest BCUT2D eigenvalue weighted by atomic mass is 32.1. The van der Waals surface area contributed by atoms with Gasteiger partial charge in [0.1, 0.15) is 11.1 Å². The highest BCUT2D eigenvalue weighted by Crippen LogP contribution is 2.30. The van der Waals surface area contributed by atoms with Gasteiger partial charge in [-0.1, -0.05) is 13.8 Å². The lowest BCUT2D eigenvalue weighted by Gasteiger charge is -2.35. The summed E-state index contributed by atoms with van der Waals surface area (Å²) in [5.74, 6) is 1.78. The SMILES string of the molecule is C[C](C)CN1CCC[C@H](C(O)c2nccs2)C1. The smallest absolute Gasteiger partial charge is 0.121 e. The van der Waals surface area contributed by atoms with Crippen molar-refractivity contribution >= 4 is 11.3 Å². The number of aliphatic hydroxyl groups is 1. The third kappa shape index (κ3) is 3.50. The fraction of sp³-hybridized carbons (Fsp3) is 0.692. The van der Waals surface area contributed by atoms with Crippen molar-refractivity contribution in [2.75, 3.05) is 19.6 Å². The van der Waals surface area contributed by atoms with Crippen LogP contribution in [0, 0.1) is 11.8 Å². The molecule has 2 heterocycles. The maximum Gasteiger partial charge on any atom is 0.121 e. The van der Waals surface area contributed by atoms with Crippen molar-refractivity contribution in [1.29, 1.82) is 0 Å². The summed E-state index contributed by atoms with van der Waals surface area (Å²) in [5, 5.41) is 13.1. The van der Waals surface area contributed by atoms with E-state index in [1.54, 1.807) is 17.5 Å². The van der Waals surface area contributed by atoms with E-state index < -0.39 is 0 Å². The molecule has 3 nitrogen and oxygen atoms in total. The maximum absolute atomic E-state index is 10.3. The Morgan fingerprint density at radius 3 is 3.12 bits per heavy atom. The van der Waals surface area contributed by atoms with E-state index in [0.29, 0.717) is 5.92 Å². The van der Waals surface area contributed by atoms with Crippen LogP contribution in [0.5, 0.6) is 0 Å². The Bertz CT molecular complexity index is 326. The maximum atomic E-state index is 10.3. The molecule has 0 amide bonds. The van der Waals surface area contributed by atoms with Crippen molar-refractivity contribution in [3.05, 3.63) is 22.5 Å². The van der Waals surface area contributed by atoms with Gasteiger partial charge in [0.05, 0.1) is 0 Å². The monoisotopic (exact) mass is 253 g/mol. The van der Waals surface area contributed by atoms with Gasteiger partial charge in [0.2, 0.25) is 0 Å². The van der Waals surface area contributed by atoms with Crippen molar-refractivity contribution in [3.8, 4) is 0 Å². The molecule has 0 aromatic carbocycles. The van der Waals surface area contributed by atoms with Crippen molar-refractivity contribution in [1.82, 2.24) is 9.88 Å². The van der Waals surface area contributed by atoms with E-state index in [-0.39, 0.29) is 6.10 Å². The summed E-state index contributed by atoms with van der Waals surface area (Å²) in [7, 11) is 0. The zero-order valence-electron chi connectivity index (χ0n) is 10.6. The van der Waals surface area contributed by atoms with Crippen LogP contribution in [0.1, 0.15) is 37.8 Å². The summed E-state index contributed by atoms with van der Waals surface area (Å²) in [4.78, 5) is 6.67. The van der Waals surface area contributed by atoms with Crippen molar-refractivity contribution in [2.24, 2.45) is 5.92 Å². The van der Waals surface area contributed by atoms with E-state index in [2.05, 4.69) is 23.7 Å². The minimum atomic E-state index is -0.380. The normalized spacial score (nSPS) is 24.1. The standard InChI is InChI=1S/C13H21N2OS/c1-10(2)8-15-6-3-4-11(9-15)12(16)13-14-5-7-17-13/h5,7,11-12,16H,3-4,6,8-9H2,1-2H3/t11-,12?/m0/s1. The summed E-state index contributed by atoms with van der Waals surface area (Å²) in [6.07, 6.45) is 3.68. The van der Waals surface area contributed by atoms with Gasteiger partial charge in [-0.3, -0.25) is 0 Å². The number of thiazole rings is 1. The summed E-state index contributed by atoms with van der Waals surface area (Å²) >= 11 is 1.55. The predicted molar refractivity (Wildman–Crippen MR) is 70.8 cm³/mol. The largest absolute Gasteiger partial charge is 0.386 e. The molecule has 4 heteroatoms. The molecule has 1 aromatic heterocycles. The summed E-state index contributed by atoms with van der Waals surface area (Å²) in [6.45, 7) is 7.54. The molecule has 0 saturated carbocycles. The van der Waals surface area contributed by atoms with E-state index in [0.717, 1.165) is 31.1 Å². The van der Waals surface area contributed by atoms with E-state index >= 15 is 0 Å². The Morgan fingerprint density at radius 2 is 2.47 bits per heavy atom. The van der Waals surface area contributed by atoms with Crippen LogP contribution in [0.3, 0.4) is 0 Å². The molecule has 0 aliphatic carbocycles. The average Bonchev–Trinajstić information content (AvgIpc) is 2.81. The van der Waals surface area contributed by atoms with Crippen molar-refractivity contribution in [2.45, 2.75) is 32.8 Å². The molecule has 0 bridgehead atoms. The second kappa shape index (κ2) is 5.94. The van der Waals surface area contributed by atoms with Crippen LogP contribution in [-0.2, 0) is 0 Å². The second-order valence-corrected chi connectivity index (χ2v) is 6.09. The van der Waals surface area contributed by atoms with Crippen LogP contribution >= 0.6 is 11.3 Å². The number of aromatic nitrogens is 1. The first-order valence-corrected chi connectivity index (χ1v) is 7.13. The molecule has 1 fully saturated rings. The summed E-state index contributed by atoms with van der Waals surface area (Å²) in [5.41, 5.74) is 0. The van der Waals surface area contributed by atoms with Gasteiger partial charge < -0.3 is 10.0 Å². The van der Waals surface area contributed by atoms with Gasteiger partial charge in [0.25, 0.3) is 0 Å². The van der Waals surface area contributed by atoms with Gasteiger partial charge in [0.15, 0.2) is 0 Å². The van der Waals surface area contributed by atoms with Crippen LogP contribution in [0.25, 0.3) is 0 Å². The Balaban J connectivity index is 1.92.